The van der Waals surface area contributed by atoms with E-state index in [1.807, 2.05) is 6.92 Å². The van der Waals surface area contributed by atoms with Crippen LogP contribution in [0.2, 0.25) is 0 Å². The van der Waals surface area contributed by atoms with Crippen molar-refractivity contribution in [2.75, 3.05) is 14.2 Å². The van der Waals surface area contributed by atoms with E-state index in [4.69, 9.17) is 14.2 Å². The van der Waals surface area contributed by atoms with Crippen molar-refractivity contribution in [1.82, 2.24) is 0 Å². The molecule has 29 heavy (non-hydrogen) atoms. The van der Waals surface area contributed by atoms with Gasteiger partial charge in [-0.2, -0.15) is 0 Å². The summed E-state index contributed by atoms with van der Waals surface area (Å²) in [5.41, 5.74) is 2.53. The smallest absolute Gasteiger partial charge is 0.162 e. The fourth-order valence-corrected chi connectivity index (χ4v) is 2.98. The number of ether oxygens (including phenoxy) is 3. The molecule has 0 N–H and O–H groups in total. The Labute approximate surface area is 171 Å². The highest BCUT2D eigenvalue weighted by molar-refractivity contribution is 5.92. The Morgan fingerprint density at radius 3 is 2.38 bits per heavy atom. The number of aryl methyl sites for hydroxylation is 1. The van der Waals surface area contributed by atoms with Gasteiger partial charge in [0.2, 0.25) is 0 Å². The molecule has 4 nitrogen and oxygen atoms in total. The molecule has 2 aromatic rings. The third kappa shape index (κ3) is 5.47. The first kappa shape index (κ1) is 22.2. The molecule has 0 fully saturated rings. The average molecular weight is 398 g/mol. The van der Waals surface area contributed by atoms with Crippen molar-refractivity contribution in [3.05, 3.63) is 65.0 Å². The van der Waals surface area contributed by atoms with Gasteiger partial charge in [-0.3, -0.25) is 4.79 Å². The SMILES string of the molecule is C=Cc1cc(OC)c(OCc2c(OC)ccc(CCC)c2F)cc1/C=C\C(C)=O. The molecule has 154 valence electrons. The van der Waals surface area contributed by atoms with Gasteiger partial charge in [-0.05, 0) is 54.3 Å². The highest BCUT2D eigenvalue weighted by Gasteiger charge is 2.16. The van der Waals surface area contributed by atoms with Crippen LogP contribution in [0.3, 0.4) is 0 Å². The molecule has 0 aliphatic heterocycles. The number of halogens is 1. The Morgan fingerprint density at radius 1 is 1.10 bits per heavy atom. The number of methoxy groups -OCH3 is 2. The lowest BCUT2D eigenvalue weighted by Gasteiger charge is -2.16. The van der Waals surface area contributed by atoms with Crippen molar-refractivity contribution < 1.29 is 23.4 Å². The maximum atomic E-state index is 14.9. The summed E-state index contributed by atoms with van der Waals surface area (Å²) < 4.78 is 31.6. The van der Waals surface area contributed by atoms with Crippen LogP contribution in [0.25, 0.3) is 12.2 Å². The van der Waals surface area contributed by atoms with Gasteiger partial charge < -0.3 is 14.2 Å². The van der Waals surface area contributed by atoms with Crippen molar-refractivity contribution in [2.45, 2.75) is 33.3 Å². The molecule has 0 heterocycles. The van der Waals surface area contributed by atoms with E-state index in [1.165, 1.54) is 27.2 Å². The maximum Gasteiger partial charge on any atom is 0.162 e. The van der Waals surface area contributed by atoms with Crippen LogP contribution in [-0.2, 0) is 17.8 Å². The van der Waals surface area contributed by atoms with Gasteiger partial charge in [0, 0.05) is 0 Å². The lowest BCUT2D eigenvalue weighted by molar-refractivity contribution is -0.112. The number of carbonyl (C=O) groups excluding carboxylic acids is 1. The highest BCUT2D eigenvalue weighted by Crippen LogP contribution is 2.34. The summed E-state index contributed by atoms with van der Waals surface area (Å²) in [5.74, 6) is 0.968. The van der Waals surface area contributed by atoms with Crippen molar-refractivity contribution in [3.63, 3.8) is 0 Å². The number of benzene rings is 2. The summed E-state index contributed by atoms with van der Waals surface area (Å²) in [7, 11) is 3.03. The minimum Gasteiger partial charge on any atom is -0.496 e. The summed E-state index contributed by atoms with van der Waals surface area (Å²) in [6, 6.07) is 7.01. The van der Waals surface area contributed by atoms with E-state index in [1.54, 1.807) is 36.4 Å². The second-order valence-electron chi connectivity index (χ2n) is 6.54. The molecule has 0 atom stereocenters. The molecular formula is C24H27FO4. The normalized spacial score (nSPS) is 10.8. The van der Waals surface area contributed by atoms with Crippen LogP contribution >= 0.6 is 0 Å². The van der Waals surface area contributed by atoms with Crippen LogP contribution < -0.4 is 14.2 Å². The molecule has 2 aromatic carbocycles. The zero-order valence-electron chi connectivity index (χ0n) is 17.4. The topological polar surface area (TPSA) is 44.8 Å². The van der Waals surface area contributed by atoms with Crippen LogP contribution in [0.15, 0.2) is 36.9 Å². The molecule has 0 amide bonds. The van der Waals surface area contributed by atoms with Crippen LogP contribution in [0.4, 0.5) is 4.39 Å². The van der Waals surface area contributed by atoms with Crippen molar-refractivity contribution >= 4 is 17.9 Å². The molecule has 2 rings (SSSR count). The monoisotopic (exact) mass is 398 g/mol. The van der Waals surface area contributed by atoms with E-state index < -0.39 is 0 Å². The fraction of sp³-hybridized carbons (Fsp3) is 0.292. The first-order chi connectivity index (χ1) is 13.9. The van der Waals surface area contributed by atoms with E-state index >= 15 is 0 Å². The van der Waals surface area contributed by atoms with Gasteiger partial charge in [-0.15, -0.1) is 0 Å². The second-order valence-corrected chi connectivity index (χ2v) is 6.54. The molecule has 0 spiro atoms. The Hall–Kier alpha value is -3.08. The molecule has 0 radical (unpaired) electrons. The number of hydrogen-bond acceptors (Lipinski definition) is 4. The predicted molar refractivity (Wildman–Crippen MR) is 114 cm³/mol. The number of hydrogen-bond donors (Lipinski definition) is 0. The van der Waals surface area contributed by atoms with Gasteiger partial charge in [0.05, 0.1) is 19.8 Å². The van der Waals surface area contributed by atoms with E-state index in [2.05, 4.69) is 6.58 Å². The van der Waals surface area contributed by atoms with Gasteiger partial charge in [-0.1, -0.05) is 38.1 Å². The van der Waals surface area contributed by atoms with E-state index in [-0.39, 0.29) is 18.2 Å². The maximum absolute atomic E-state index is 14.9. The summed E-state index contributed by atoms with van der Waals surface area (Å²) in [5, 5.41) is 0. The van der Waals surface area contributed by atoms with Crippen LogP contribution in [-0.4, -0.2) is 20.0 Å². The van der Waals surface area contributed by atoms with Gasteiger partial charge in [-0.25, -0.2) is 4.39 Å². The van der Waals surface area contributed by atoms with Crippen LogP contribution in [0.5, 0.6) is 17.2 Å². The molecule has 0 aliphatic rings. The zero-order valence-corrected chi connectivity index (χ0v) is 17.4. The van der Waals surface area contributed by atoms with E-state index in [0.717, 1.165) is 17.5 Å². The Balaban J connectivity index is 2.41. The second kappa shape index (κ2) is 10.5. The molecule has 0 saturated heterocycles. The van der Waals surface area contributed by atoms with E-state index in [9.17, 15) is 9.18 Å². The molecule has 5 heteroatoms. The number of allylic oxidation sites excluding steroid dienone is 1. The average Bonchev–Trinajstić information content (AvgIpc) is 2.72. The number of rotatable bonds is 10. The summed E-state index contributed by atoms with van der Waals surface area (Å²) in [6.45, 7) is 7.25. The quantitative estimate of drug-likeness (QED) is 0.487. The molecule has 0 saturated carbocycles. The third-order valence-corrected chi connectivity index (χ3v) is 4.48. The molecule has 0 aliphatic carbocycles. The standard InChI is InChI=1S/C24H27FO4/c1-6-8-18-11-12-21(27-4)20(24(18)25)15-29-23-14-19(10-9-16(3)26)17(7-2)13-22(23)28-5/h7,9-14H,2,6,8,15H2,1,3-5H3/b10-9-. The lowest BCUT2D eigenvalue weighted by atomic mass is 10.0. The Kier molecular flexibility index (Phi) is 8.01. The largest absolute Gasteiger partial charge is 0.496 e. The van der Waals surface area contributed by atoms with Crippen molar-refractivity contribution in [3.8, 4) is 17.2 Å². The van der Waals surface area contributed by atoms with Crippen LogP contribution in [0, 0.1) is 5.82 Å². The zero-order chi connectivity index (χ0) is 21.4. The predicted octanol–water partition coefficient (Wildman–Crippen LogP) is 5.62. The third-order valence-electron chi connectivity index (χ3n) is 4.48. The highest BCUT2D eigenvalue weighted by atomic mass is 19.1. The molecule has 0 aromatic heterocycles. The van der Waals surface area contributed by atoms with Gasteiger partial charge >= 0.3 is 0 Å². The molecule has 0 unspecified atom stereocenters. The number of carbonyl (C=O) groups is 1. The lowest BCUT2D eigenvalue weighted by Crippen LogP contribution is -2.06. The van der Waals surface area contributed by atoms with Crippen molar-refractivity contribution in [2.24, 2.45) is 0 Å². The van der Waals surface area contributed by atoms with Gasteiger partial charge in [0.1, 0.15) is 18.2 Å². The van der Waals surface area contributed by atoms with Crippen LogP contribution in [0.1, 0.15) is 42.5 Å². The number of ketones is 1. The Bertz CT molecular complexity index is 916. The fourth-order valence-electron chi connectivity index (χ4n) is 2.98. The minimum absolute atomic E-state index is 0.0216. The van der Waals surface area contributed by atoms with E-state index in [0.29, 0.717) is 34.8 Å². The summed E-state index contributed by atoms with van der Waals surface area (Å²) in [6.07, 6.45) is 6.31. The molecule has 0 bridgehead atoms. The molecular weight excluding hydrogens is 371 g/mol. The van der Waals surface area contributed by atoms with Gasteiger partial charge in [0.15, 0.2) is 17.3 Å². The minimum atomic E-state index is -0.315. The summed E-state index contributed by atoms with van der Waals surface area (Å²) in [4.78, 5) is 11.3. The van der Waals surface area contributed by atoms with Gasteiger partial charge in [0.25, 0.3) is 0 Å². The summed E-state index contributed by atoms with van der Waals surface area (Å²) >= 11 is 0. The first-order valence-corrected chi connectivity index (χ1v) is 9.45. The van der Waals surface area contributed by atoms with Crippen molar-refractivity contribution in [1.29, 1.82) is 0 Å². The first-order valence-electron chi connectivity index (χ1n) is 9.45. The Morgan fingerprint density at radius 2 is 1.79 bits per heavy atom.